The standard InChI is InChI=1S/C13H21NO2/c1-2-3-9-14-10-8-13(16)11-4-6-12(15)7-5-11/h4-7,13-16H,2-3,8-10H2,1H3. The zero-order valence-corrected chi connectivity index (χ0v) is 9.82. The van der Waals surface area contributed by atoms with Gasteiger partial charge in [-0.3, -0.25) is 0 Å². The first-order valence-corrected chi connectivity index (χ1v) is 5.91. The van der Waals surface area contributed by atoms with E-state index in [9.17, 15) is 5.11 Å². The number of rotatable bonds is 7. The maximum absolute atomic E-state index is 9.85. The normalized spacial score (nSPS) is 12.6. The molecule has 1 aromatic carbocycles. The summed E-state index contributed by atoms with van der Waals surface area (Å²) < 4.78 is 0. The Morgan fingerprint density at radius 1 is 1.19 bits per heavy atom. The van der Waals surface area contributed by atoms with E-state index in [-0.39, 0.29) is 5.75 Å². The van der Waals surface area contributed by atoms with Gasteiger partial charge in [0.05, 0.1) is 6.10 Å². The predicted octanol–water partition coefficient (Wildman–Crippen LogP) is 2.21. The molecule has 1 aromatic rings. The Bertz CT molecular complexity index is 284. The third-order valence-corrected chi connectivity index (χ3v) is 2.58. The molecular weight excluding hydrogens is 202 g/mol. The molecule has 1 rings (SSSR count). The number of aliphatic hydroxyl groups excluding tert-OH is 1. The van der Waals surface area contributed by atoms with Gasteiger partial charge in [-0.1, -0.05) is 25.5 Å². The van der Waals surface area contributed by atoms with Gasteiger partial charge >= 0.3 is 0 Å². The molecule has 0 aliphatic rings. The molecule has 90 valence electrons. The summed E-state index contributed by atoms with van der Waals surface area (Å²) in [5.41, 5.74) is 0.857. The Kier molecular flexibility index (Phi) is 5.90. The van der Waals surface area contributed by atoms with Gasteiger partial charge in [-0.15, -0.1) is 0 Å². The predicted molar refractivity (Wildman–Crippen MR) is 65.5 cm³/mol. The van der Waals surface area contributed by atoms with E-state index in [1.54, 1.807) is 24.3 Å². The number of nitrogens with one attached hydrogen (secondary N) is 1. The van der Waals surface area contributed by atoms with E-state index in [4.69, 9.17) is 5.11 Å². The van der Waals surface area contributed by atoms with Crippen LogP contribution in [0.2, 0.25) is 0 Å². The van der Waals surface area contributed by atoms with E-state index in [2.05, 4.69) is 12.2 Å². The minimum Gasteiger partial charge on any atom is -0.508 e. The van der Waals surface area contributed by atoms with Crippen LogP contribution >= 0.6 is 0 Å². The van der Waals surface area contributed by atoms with E-state index < -0.39 is 6.10 Å². The third-order valence-electron chi connectivity index (χ3n) is 2.58. The topological polar surface area (TPSA) is 52.5 Å². The minimum atomic E-state index is -0.449. The van der Waals surface area contributed by atoms with Crippen LogP contribution < -0.4 is 5.32 Å². The molecule has 0 saturated carbocycles. The molecule has 0 heterocycles. The summed E-state index contributed by atoms with van der Waals surface area (Å²) in [7, 11) is 0. The Hall–Kier alpha value is -1.06. The highest BCUT2D eigenvalue weighted by atomic mass is 16.3. The Morgan fingerprint density at radius 2 is 1.88 bits per heavy atom. The second kappa shape index (κ2) is 7.25. The lowest BCUT2D eigenvalue weighted by Crippen LogP contribution is -2.18. The molecule has 0 amide bonds. The van der Waals surface area contributed by atoms with E-state index in [0.717, 1.165) is 18.7 Å². The average Bonchev–Trinajstić information content (AvgIpc) is 2.29. The van der Waals surface area contributed by atoms with Gasteiger partial charge < -0.3 is 15.5 Å². The van der Waals surface area contributed by atoms with Crippen LogP contribution in [-0.4, -0.2) is 23.3 Å². The zero-order valence-electron chi connectivity index (χ0n) is 9.82. The fraction of sp³-hybridized carbons (Fsp3) is 0.538. The first kappa shape index (κ1) is 13.0. The maximum Gasteiger partial charge on any atom is 0.115 e. The Balaban J connectivity index is 2.24. The molecule has 0 fully saturated rings. The SMILES string of the molecule is CCCCNCCC(O)c1ccc(O)cc1. The second-order valence-electron chi connectivity index (χ2n) is 4.00. The smallest absolute Gasteiger partial charge is 0.115 e. The molecule has 3 heteroatoms. The van der Waals surface area contributed by atoms with Gasteiger partial charge in [0.25, 0.3) is 0 Å². The van der Waals surface area contributed by atoms with Gasteiger partial charge in [0.1, 0.15) is 5.75 Å². The largest absolute Gasteiger partial charge is 0.508 e. The van der Waals surface area contributed by atoms with Crippen molar-refractivity contribution >= 4 is 0 Å². The number of aliphatic hydroxyl groups is 1. The highest BCUT2D eigenvalue weighted by molar-refractivity contribution is 5.27. The lowest BCUT2D eigenvalue weighted by Gasteiger charge is -2.11. The summed E-state index contributed by atoms with van der Waals surface area (Å²) in [4.78, 5) is 0. The van der Waals surface area contributed by atoms with Crippen LogP contribution in [0.25, 0.3) is 0 Å². The van der Waals surface area contributed by atoms with E-state index in [0.29, 0.717) is 6.42 Å². The van der Waals surface area contributed by atoms with Crippen molar-refractivity contribution in [3.63, 3.8) is 0 Å². The molecular formula is C13H21NO2. The van der Waals surface area contributed by atoms with Crippen molar-refractivity contribution in [2.75, 3.05) is 13.1 Å². The molecule has 0 saturated heterocycles. The summed E-state index contributed by atoms with van der Waals surface area (Å²) in [6, 6.07) is 6.71. The van der Waals surface area contributed by atoms with Gasteiger partial charge in [-0.2, -0.15) is 0 Å². The maximum atomic E-state index is 9.85. The van der Waals surface area contributed by atoms with Crippen molar-refractivity contribution in [2.45, 2.75) is 32.3 Å². The van der Waals surface area contributed by atoms with Crippen LogP contribution in [0.5, 0.6) is 5.75 Å². The van der Waals surface area contributed by atoms with Crippen molar-refractivity contribution in [3.05, 3.63) is 29.8 Å². The molecule has 0 bridgehead atoms. The lowest BCUT2D eigenvalue weighted by atomic mass is 10.1. The summed E-state index contributed by atoms with van der Waals surface area (Å²) in [6.45, 7) is 3.99. The van der Waals surface area contributed by atoms with Crippen LogP contribution in [-0.2, 0) is 0 Å². The first-order valence-electron chi connectivity index (χ1n) is 5.91. The number of hydrogen-bond donors (Lipinski definition) is 3. The van der Waals surface area contributed by atoms with Crippen LogP contribution in [0, 0.1) is 0 Å². The molecule has 1 unspecified atom stereocenters. The monoisotopic (exact) mass is 223 g/mol. The van der Waals surface area contributed by atoms with Gasteiger partial charge in [0.2, 0.25) is 0 Å². The zero-order chi connectivity index (χ0) is 11.8. The third kappa shape index (κ3) is 4.64. The van der Waals surface area contributed by atoms with Crippen molar-refractivity contribution < 1.29 is 10.2 Å². The van der Waals surface area contributed by atoms with Gasteiger partial charge in [-0.25, -0.2) is 0 Å². The molecule has 0 aliphatic heterocycles. The van der Waals surface area contributed by atoms with Crippen LogP contribution in [0.4, 0.5) is 0 Å². The fourth-order valence-corrected chi connectivity index (χ4v) is 1.53. The fourth-order valence-electron chi connectivity index (χ4n) is 1.53. The number of hydrogen-bond acceptors (Lipinski definition) is 3. The van der Waals surface area contributed by atoms with Crippen LogP contribution in [0.3, 0.4) is 0 Å². The Labute approximate surface area is 97.1 Å². The minimum absolute atomic E-state index is 0.233. The number of phenolic OH excluding ortho intramolecular Hbond substituents is 1. The highest BCUT2D eigenvalue weighted by Crippen LogP contribution is 2.18. The summed E-state index contributed by atoms with van der Waals surface area (Å²) in [6.07, 6.45) is 2.62. The molecule has 16 heavy (non-hydrogen) atoms. The Morgan fingerprint density at radius 3 is 2.50 bits per heavy atom. The van der Waals surface area contributed by atoms with Crippen molar-refractivity contribution in [2.24, 2.45) is 0 Å². The average molecular weight is 223 g/mol. The first-order chi connectivity index (χ1) is 7.74. The van der Waals surface area contributed by atoms with Gasteiger partial charge in [0, 0.05) is 0 Å². The second-order valence-corrected chi connectivity index (χ2v) is 4.00. The molecule has 0 radical (unpaired) electrons. The molecule has 3 nitrogen and oxygen atoms in total. The number of aromatic hydroxyl groups is 1. The van der Waals surface area contributed by atoms with E-state index in [1.807, 2.05) is 0 Å². The molecule has 0 spiro atoms. The number of unbranched alkanes of at least 4 members (excludes halogenated alkanes) is 1. The van der Waals surface area contributed by atoms with E-state index >= 15 is 0 Å². The van der Waals surface area contributed by atoms with Crippen molar-refractivity contribution in [1.82, 2.24) is 5.32 Å². The summed E-state index contributed by atoms with van der Waals surface area (Å²) in [5.74, 6) is 0.233. The molecule has 0 aromatic heterocycles. The summed E-state index contributed by atoms with van der Waals surface area (Å²) in [5, 5.41) is 22.3. The van der Waals surface area contributed by atoms with E-state index in [1.165, 1.54) is 12.8 Å². The highest BCUT2D eigenvalue weighted by Gasteiger charge is 2.06. The molecule has 3 N–H and O–H groups in total. The lowest BCUT2D eigenvalue weighted by molar-refractivity contribution is 0.167. The van der Waals surface area contributed by atoms with Crippen molar-refractivity contribution in [1.29, 1.82) is 0 Å². The van der Waals surface area contributed by atoms with Gasteiger partial charge in [-0.05, 0) is 43.6 Å². The van der Waals surface area contributed by atoms with Crippen LogP contribution in [0.1, 0.15) is 37.9 Å². The quantitative estimate of drug-likeness (QED) is 0.621. The van der Waals surface area contributed by atoms with Gasteiger partial charge in [0.15, 0.2) is 0 Å². The number of phenols is 1. The van der Waals surface area contributed by atoms with Crippen molar-refractivity contribution in [3.8, 4) is 5.75 Å². The number of benzene rings is 1. The molecule has 0 aliphatic carbocycles. The van der Waals surface area contributed by atoms with Crippen LogP contribution in [0.15, 0.2) is 24.3 Å². The molecule has 1 atom stereocenters. The summed E-state index contributed by atoms with van der Waals surface area (Å²) >= 11 is 0.